The molecule has 0 atom stereocenters. The van der Waals surface area contributed by atoms with Crippen molar-refractivity contribution in [1.29, 1.82) is 0 Å². The Morgan fingerprint density at radius 1 is 1.09 bits per heavy atom. The van der Waals surface area contributed by atoms with Crippen molar-refractivity contribution < 1.29 is 14.3 Å². The first-order valence-corrected chi connectivity index (χ1v) is 11.5. The molecule has 0 aliphatic rings. The average molecular weight is 539 g/mol. The lowest BCUT2D eigenvalue weighted by Crippen LogP contribution is -2.19. The Kier molecular flexibility index (Phi) is 7.67. The van der Waals surface area contributed by atoms with Crippen molar-refractivity contribution in [3.8, 4) is 17.2 Å². The van der Waals surface area contributed by atoms with Crippen molar-refractivity contribution in [3.63, 3.8) is 0 Å². The number of hydrogen-bond acceptors (Lipinski definition) is 4. The highest BCUT2D eigenvalue weighted by molar-refractivity contribution is 9.10. The van der Waals surface area contributed by atoms with Gasteiger partial charge in [-0.1, -0.05) is 35.9 Å². The first-order valence-electron chi connectivity index (χ1n) is 10.4. The molecule has 4 rings (SSSR count). The number of carbonyl (C=O) groups excluding carboxylic acids is 1. The molecule has 0 saturated heterocycles. The number of halogens is 2. The van der Waals surface area contributed by atoms with Gasteiger partial charge in [0.05, 0.1) is 29.0 Å². The number of aromatic nitrogens is 1. The summed E-state index contributed by atoms with van der Waals surface area (Å²) in [6.45, 7) is 0.358. The Bertz CT molecular complexity index is 1310. The van der Waals surface area contributed by atoms with Crippen molar-refractivity contribution in [3.05, 3.63) is 111 Å². The van der Waals surface area contributed by atoms with Crippen molar-refractivity contribution >= 4 is 39.7 Å². The van der Waals surface area contributed by atoms with Gasteiger partial charge in [-0.25, -0.2) is 5.43 Å². The van der Waals surface area contributed by atoms with E-state index in [4.69, 9.17) is 21.1 Å². The van der Waals surface area contributed by atoms with Crippen LogP contribution in [0.2, 0.25) is 5.02 Å². The number of ether oxygens (including phenoxy) is 2. The Hall–Kier alpha value is -3.55. The maximum atomic E-state index is 12.7. The molecule has 1 N–H and O–H groups in total. The third kappa shape index (κ3) is 5.68. The third-order valence-corrected chi connectivity index (χ3v) is 5.80. The second kappa shape index (κ2) is 11.0. The molecule has 172 valence electrons. The van der Waals surface area contributed by atoms with Gasteiger partial charge < -0.3 is 14.0 Å². The highest BCUT2D eigenvalue weighted by Crippen LogP contribution is 2.37. The molecule has 1 aromatic heterocycles. The standard InChI is InChI=1S/C26H21BrClN3O3/c1-33-24-15-19(14-22(27)25(24)34-17-18-8-10-20(28)11-9-18)16-29-30-26(32)21-6-2-3-7-23(21)31-12-4-5-13-31/h2-16H,17H2,1H3,(H,30,32). The van der Waals surface area contributed by atoms with Gasteiger partial charge >= 0.3 is 0 Å². The highest BCUT2D eigenvalue weighted by atomic mass is 79.9. The second-order valence-corrected chi connectivity index (χ2v) is 8.55. The van der Waals surface area contributed by atoms with Crippen LogP contribution in [0, 0.1) is 0 Å². The molecule has 0 saturated carbocycles. The lowest BCUT2D eigenvalue weighted by Gasteiger charge is -2.13. The quantitative estimate of drug-likeness (QED) is 0.213. The molecule has 4 aromatic rings. The van der Waals surface area contributed by atoms with E-state index in [1.54, 1.807) is 25.5 Å². The number of rotatable bonds is 8. The van der Waals surface area contributed by atoms with Crippen LogP contribution in [-0.4, -0.2) is 23.8 Å². The molecule has 0 bridgehead atoms. The fourth-order valence-electron chi connectivity index (χ4n) is 3.30. The molecule has 0 aliphatic heterocycles. The Morgan fingerprint density at radius 2 is 1.82 bits per heavy atom. The molecular weight excluding hydrogens is 518 g/mol. The summed E-state index contributed by atoms with van der Waals surface area (Å²) in [5.74, 6) is 0.794. The number of amides is 1. The van der Waals surface area contributed by atoms with E-state index in [1.807, 2.05) is 77.6 Å². The monoisotopic (exact) mass is 537 g/mol. The Labute approximate surface area is 210 Å². The molecule has 0 fully saturated rings. The molecule has 8 heteroatoms. The van der Waals surface area contributed by atoms with Gasteiger partial charge in [0.2, 0.25) is 0 Å². The van der Waals surface area contributed by atoms with Crippen LogP contribution in [0.15, 0.2) is 94.8 Å². The van der Waals surface area contributed by atoms with Crippen molar-refractivity contribution in [2.75, 3.05) is 7.11 Å². The maximum absolute atomic E-state index is 12.7. The SMILES string of the molecule is COc1cc(C=NNC(=O)c2ccccc2-n2cccc2)cc(Br)c1OCc1ccc(Cl)cc1. The third-order valence-electron chi connectivity index (χ3n) is 4.96. The predicted octanol–water partition coefficient (Wildman–Crippen LogP) is 6.24. The van der Waals surface area contributed by atoms with E-state index in [0.29, 0.717) is 33.2 Å². The van der Waals surface area contributed by atoms with Crippen LogP contribution in [0.25, 0.3) is 5.69 Å². The average Bonchev–Trinajstić information content (AvgIpc) is 3.39. The molecule has 0 aliphatic carbocycles. The summed E-state index contributed by atoms with van der Waals surface area (Å²) in [4.78, 5) is 12.7. The summed E-state index contributed by atoms with van der Waals surface area (Å²) in [6.07, 6.45) is 5.32. The molecule has 1 heterocycles. The fraction of sp³-hybridized carbons (Fsp3) is 0.0769. The topological polar surface area (TPSA) is 64.8 Å². The largest absolute Gasteiger partial charge is 0.493 e. The molecule has 34 heavy (non-hydrogen) atoms. The van der Waals surface area contributed by atoms with Crippen molar-refractivity contribution in [2.45, 2.75) is 6.61 Å². The van der Waals surface area contributed by atoms with Gasteiger partial charge in [0.15, 0.2) is 11.5 Å². The summed E-state index contributed by atoms with van der Waals surface area (Å²) >= 11 is 9.47. The number of hydrogen-bond donors (Lipinski definition) is 1. The summed E-state index contributed by atoms with van der Waals surface area (Å²) in [5.41, 5.74) is 5.58. The van der Waals surface area contributed by atoms with E-state index in [0.717, 1.165) is 16.8 Å². The highest BCUT2D eigenvalue weighted by Gasteiger charge is 2.13. The number of hydrazone groups is 1. The number of para-hydroxylation sites is 1. The van der Waals surface area contributed by atoms with E-state index < -0.39 is 0 Å². The van der Waals surface area contributed by atoms with Crippen LogP contribution in [0.4, 0.5) is 0 Å². The number of carbonyl (C=O) groups is 1. The first kappa shape index (κ1) is 23.6. The van der Waals surface area contributed by atoms with Crippen LogP contribution >= 0.6 is 27.5 Å². The number of nitrogens with zero attached hydrogens (tertiary/aromatic N) is 2. The summed E-state index contributed by atoms with van der Waals surface area (Å²) in [7, 11) is 1.57. The van der Waals surface area contributed by atoms with Gasteiger partial charge in [0.1, 0.15) is 6.61 Å². The number of nitrogens with one attached hydrogen (secondary N) is 1. The van der Waals surface area contributed by atoms with E-state index >= 15 is 0 Å². The number of benzene rings is 3. The zero-order valence-corrected chi connectivity index (χ0v) is 20.6. The van der Waals surface area contributed by atoms with Crippen LogP contribution in [0.3, 0.4) is 0 Å². The van der Waals surface area contributed by atoms with E-state index in [-0.39, 0.29) is 5.91 Å². The zero-order valence-electron chi connectivity index (χ0n) is 18.2. The molecule has 6 nitrogen and oxygen atoms in total. The Balaban J connectivity index is 1.46. The van der Waals surface area contributed by atoms with E-state index in [2.05, 4.69) is 26.5 Å². The van der Waals surface area contributed by atoms with Gasteiger partial charge in [-0.05, 0) is 75.6 Å². The van der Waals surface area contributed by atoms with Gasteiger partial charge in [0, 0.05) is 17.4 Å². The minimum atomic E-state index is -0.311. The molecule has 0 spiro atoms. The smallest absolute Gasteiger partial charge is 0.273 e. The van der Waals surface area contributed by atoms with Crippen LogP contribution in [-0.2, 0) is 6.61 Å². The fourth-order valence-corrected chi connectivity index (χ4v) is 4.00. The Morgan fingerprint density at radius 3 is 2.56 bits per heavy atom. The first-order chi connectivity index (χ1) is 16.5. The molecule has 0 unspecified atom stereocenters. The summed E-state index contributed by atoms with van der Waals surface area (Å²) in [6, 6.07) is 22.2. The van der Waals surface area contributed by atoms with Gasteiger partial charge in [-0.15, -0.1) is 0 Å². The van der Waals surface area contributed by atoms with Crippen LogP contribution < -0.4 is 14.9 Å². The minimum absolute atomic E-state index is 0.311. The maximum Gasteiger partial charge on any atom is 0.273 e. The lowest BCUT2D eigenvalue weighted by atomic mass is 10.1. The zero-order chi connectivity index (χ0) is 23.9. The normalized spacial score (nSPS) is 10.9. The molecule has 3 aromatic carbocycles. The van der Waals surface area contributed by atoms with Crippen molar-refractivity contribution in [1.82, 2.24) is 9.99 Å². The van der Waals surface area contributed by atoms with Crippen LogP contribution in [0.5, 0.6) is 11.5 Å². The van der Waals surface area contributed by atoms with Crippen LogP contribution in [0.1, 0.15) is 21.5 Å². The van der Waals surface area contributed by atoms with E-state index in [1.165, 1.54) is 0 Å². The summed E-state index contributed by atoms with van der Waals surface area (Å²) < 4.78 is 14.0. The molecule has 0 radical (unpaired) electrons. The number of methoxy groups -OCH3 is 1. The van der Waals surface area contributed by atoms with Gasteiger partial charge in [-0.2, -0.15) is 5.10 Å². The van der Waals surface area contributed by atoms with E-state index in [9.17, 15) is 4.79 Å². The van der Waals surface area contributed by atoms with Crippen molar-refractivity contribution in [2.24, 2.45) is 5.10 Å². The van der Waals surface area contributed by atoms with Gasteiger partial charge in [-0.3, -0.25) is 4.79 Å². The van der Waals surface area contributed by atoms with Gasteiger partial charge in [0.25, 0.3) is 5.91 Å². The lowest BCUT2D eigenvalue weighted by molar-refractivity contribution is 0.0955. The minimum Gasteiger partial charge on any atom is -0.493 e. The predicted molar refractivity (Wildman–Crippen MR) is 137 cm³/mol. The molecular formula is C26H21BrClN3O3. The molecule has 1 amide bonds. The second-order valence-electron chi connectivity index (χ2n) is 7.26. The summed E-state index contributed by atoms with van der Waals surface area (Å²) in [5, 5.41) is 4.80.